The summed E-state index contributed by atoms with van der Waals surface area (Å²) < 4.78 is 24.2. The molecule has 2 unspecified atom stereocenters. The Balaban J connectivity index is 2.50. The minimum absolute atomic E-state index is 0.0741. The van der Waals surface area contributed by atoms with Gasteiger partial charge < -0.3 is 5.32 Å². The fourth-order valence-corrected chi connectivity index (χ4v) is 2.11. The number of hydrogen-bond acceptors (Lipinski definition) is 3. The molecule has 0 radical (unpaired) electrons. The summed E-state index contributed by atoms with van der Waals surface area (Å²) in [5.41, 5.74) is 0. The SMILES string of the molecule is CC1CNCC1NS(C)(=O)=O. The van der Waals surface area contributed by atoms with Crippen molar-refractivity contribution in [3.63, 3.8) is 0 Å². The maximum atomic E-state index is 10.8. The summed E-state index contributed by atoms with van der Waals surface area (Å²) >= 11 is 0. The van der Waals surface area contributed by atoms with Crippen LogP contribution in [-0.2, 0) is 10.0 Å². The van der Waals surface area contributed by atoms with E-state index in [9.17, 15) is 8.42 Å². The molecule has 0 aromatic rings. The molecule has 1 saturated heterocycles. The van der Waals surface area contributed by atoms with Crippen LogP contribution in [0.5, 0.6) is 0 Å². The van der Waals surface area contributed by atoms with Gasteiger partial charge in [0.1, 0.15) is 0 Å². The molecule has 1 aliphatic heterocycles. The van der Waals surface area contributed by atoms with Gasteiger partial charge in [0.05, 0.1) is 6.26 Å². The Morgan fingerprint density at radius 1 is 1.45 bits per heavy atom. The summed E-state index contributed by atoms with van der Waals surface area (Å²) in [6.45, 7) is 3.67. The smallest absolute Gasteiger partial charge is 0.209 e. The van der Waals surface area contributed by atoms with Crippen molar-refractivity contribution < 1.29 is 8.42 Å². The van der Waals surface area contributed by atoms with E-state index in [0.717, 1.165) is 13.1 Å². The summed E-state index contributed by atoms with van der Waals surface area (Å²) in [6.07, 6.45) is 1.19. The highest BCUT2D eigenvalue weighted by atomic mass is 32.2. The first-order valence-corrected chi connectivity index (χ1v) is 5.56. The van der Waals surface area contributed by atoms with E-state index in [4.69, 9.17) is 0 Å². The lowest BCUT2D eigenvalue weighted by Crippen LogP contribution is -2.38. The summed E-state index contributed by atoms with van der Waals surface area (Å²) in [6, 6.07) is 0.0741. The van der Waals surface area contributed by atoms with E-state index in [2.05, 4.69) is 10.0 Å². The Bertz CT molecular complexity index is 225. The standard InChI is InChI=1S/C6H14N2O2S/c1-5-3-7-4-6(5)8-11(2,9)10/h5-8H,3-4H2,1-2H3. The van der Waals surface area contributed by atoms with Crippen molar-refractivity contribution in [2.75, 3.05) is 19.3 Å². The van der Waals surface area contributed by atoms with Gasteiger partial charge in [-0.2, -0.15) is 0 Å². The number of nitrogens with one attached hydrogen (secondary N) is 2. The Kier molecular flexibility index (Phi) is 2.51. The van der Waals surface area contributed by atoms with Crippen molar-refractivity contribution in [3.8, 4) is 0 Å². The van der Waals surface area contributed by atoms with Gasteiger partial charge in [-0.25, -0.2) is 13.1 Å². The zero-order valence-corrected chi connectivity index (χ0v) is 7.61. The summed E-state index contributed by atoms with van der Waals surface area (Å²) in [7, 11) is -3.03. The Morgan fingerprint density at radius 3 is 2.45 bits per heavy atom. The second-order valence-electron chi connectivity index (χ2n) is 3.13. The molecule has 0 bridgehead atoms. The van der Waals surface area contributed by atoms with Crippen LogP contribution in [0.25, 0.3) is 0 Å². The van der Waals surface area contributed by atoms with Crippen molar-refractivity contribution in [2.45, 2.75) is 13.0 Å². The van der Waals surface area contributed by atoms with Gasteiger partial charge in [0.25, 0.3) is 0 Å². The topological polar surface area (TPSA) is 58.2 Å². The third-order valence-corrected chi connectivity index (χ3v) is 2.61. The molecule has 5 heteroatoms. The van der Waals surface area contributed by atoms with Crippen molar-refractivity contribution in [1.29, 1.82) is 0 Å². The molecule has 66 valence electrons. The van der Waals surface area contributed by atoms with Gasteiger partial charge >= 0.3 is 0 Å². The van der Waals surface area contributed by atoms with Crippen LogP contribution in [0.2, 0.25) is 0 Å². The third kappa shape index (κ3) is 2.76. The molecule has 11 heavy (non-hydrogen) atoms. The quantitative estimate of drug-likeness (QED) is 0.578. The molecule has 0 aliphatic carbocycles. The van der Waals surface area contributed by atoms with E-state index in [1.165, 1.54) is 6.26 Å². The molecule has 0 saturated carbocycles. The van der Waals surface area contributed by atoms with E-state index in [-0.39, 0.29) is 6.04 Å². The molecule has 1 aliphatic rings. The van der Waals surface area contributed by atoms with Crippen LogP contribution in [-0.4, -0.2) is 33.8 Å². The highest BCUT2D eigenvalue weighted by Crippen LogP contribution is 2.07. The first-order chi connectivity index (χ1) is 4.99. The molecule has 0 aromatic carbocycles. The lowest BCUT2D eigenvalue weighted by Gasteiger charge is -2.13. The van der Waals surface area contributed by atoms with Gasteiger partial charge in [-0.3, -0.25) is 0 Å². The van der Waals surface area contributed by atoms with Gasteiger partial charge in [0, 0.05) is 12.6 Å². The summed E-state index contributed by atoms with van der Waals surface area (Å²) in [5.74, 6) is 0.393. The largest absolute Gasteiger partial charge is 0.315 e. The van der Waals surface area contributed by atoms with Crippen molar-refractivity contribution in [1.82, 2.24) is 10.0 Å². The second kappa shape index (κ2) is 3.08. The van der Waals surface area contributed by atoms with Gasteiger partial charge in [-0.1, -0.05) is 6.92 Å². The predicted molar refractivity (Wildman–Crippen MR) is 43.8 cm³/mol. The molecular weight excluding hydrogens is 164 g/mol. The summed E-state index contributed by atoms with van der Waals surface area (Å²) in [5, 5.41) is 3.12. The molecule has 1 fully saturated rings. The van der Waals surface area contributed by atoms with Crippen LogP contribution in [0.4, 0.5) is 0 Å². The maximum Gasteiger partial charge on any atom is 0.209 e. The highest BCUT2D eigenvalue weighted by Gasteiger charge is 2.25. The monoisotopic (exact) mass is 178 g/mol. The van der Waals surface area contributed by atoms with Crippen LogP contribution in [0, 0.1) is 5.92 Å². The molecule has 2 atom stereocenters. The lowest BCUT2D eigenvalue weighted by molar-refractivity contribution is 0.505. The molecule has 1 rings (SSSR count). The average Bonchev–Trinajstić information content (AvgIpc) is 2.12. The highest BCUT2D eigenvalue weighted by molar-refractivity contribution is 7.88. The molecule has 0 spiro atoms. The molecule has 0 aromatic heterocycles. The van der Waals surface area contributed by atoms with E-state index in [1.807, 2.05) is 6.92 Å². The fourth-order valence-electron chi connectivity index (χ4n) is 1.24. The Labute approximate surface area is 67.4 Å². The van der Waals surface area contributed by atoms with Gasteiger partial charge in [-0.05, 0) is 12.5 Å². The van der Waals surface area contributed by atoms with Crippen LogP contribution < -0.4 is 10.0 Å². The predicted octanol–water partition coefficient (Wildman–Crippen LogP) is -0.856. The number of hydrogen-bond donors (Lipinski definition) is 2. The molecule has 4 nitrogen and oxygen atoms in total. The Hall–Kier alpha value is -0.130. The molecular formula is C6H14N2O2S. The maximum absolute atomic E-state index is 10.8. The zero-order chi connectivity index (χ0) is 8.48. The first-order valence-electron chi connectivity index (χ1n) is 3.67. The minimum Gasteiger partial charge on any atom is -0.315 e. The van der Waals surface area contributed by atoms with Gasteiger partial charge in [-0.15, -0.1) is 0 Å². The van der Waals surface area contributed by atoms with Gasteiger partial charge in [0.15, 0.2) is 0 Å². The van der Waals surface area contributed by atoms with E-state index >= 15 is 0 Å². The second-order valence-corrected chi connectivity index (χ2v) is 4.91. The van der Waals surface area contributed by atoms with Crippen LogP contribution >= 0.6 is 0 Å². The molecule has 0 amide bonds. The molecule has 1 heterocycles. The Morgan fingerprint density at radius 2 is 2.09 bits per heavy atom. The fraction of sp³-hybridized carbons (Fsp3) is 1.00. The minimum atomic E-state index is -3.03. The third-order valence-electron chi connectivity index (χ3n) is 1.88. The number of sulfonamides is 1. The van der Waals surface area contributed by atoms with Crippen LogP contribution in [0.15, 0.2) is 0 Å². The van der Waals surface area contributed by atoms with Crippen molar-refractivity contribution in [2.24, 2.45) is 5.92 Å². The normalized spacial score (nSPS) is 32.5. The van der Waals surface area contributed by atoms with E-state index in [0.29, 0.717) is 5.92 Å². The van der Waals surface area contributed by atoms with Crippen LogP contribution in [0.1, 0.15) is 6.92 Å². The van der Waals surface area contributed by atoms with E-state index < -0.39 is 10.0 Å². The van der Waals surface area contributed by atoms with Crippen molar-refractivity contribution in [3.05, 3.63) is 0 Å². The number of rotatable bonds is 2. The zero-order valence-electron chi connectivity index (χ0n) is 6.79. The summed E-state index contributed by atoms with van der Waals surface area (Å²) in [4.78, 5) is 0. The van der Waals surface area contributed by atoms with E-state index in [1.54, 1.807) is 0 Å². The molecule has 2 N–H and O–H groups in total. The lowest BCUT2D eigenvalue weighted by atomic mass is 10.1. The van der Waals surface area contributed by atoms with Crippen molar-refractivity contribution >= 4 is 10.0 Å². The average molecular weight is 178 g/mol. The van der Waals surface area contributed by atoms with Crippen LogP contribution in [0.3, 0.4) is 0 Å². The first kappa shape index (κ1) is 8.96. The van der Waals surface area contributed by atoms with Gasteiger partial charge in [0.2, 0.25) is 10.0 Å².